The lowest BCUT2D eigenvalue weighted by atomic mass is 10.0. The van der Waals surface area contributed by atoms with Crippen molar-refractivity contribution in [2.24, 2.45) is 0 Å². The summed E-state index contributed by atoms with van der Waals surface area (Å²) in [6.07, 6.45) is 107. The largest absolute Gasteiger partial charge is 0.472 e. The van der Waals surface area contributed by atoms with Crippen LogP contribution in [0.1, 0.15) is 355 Å². The fourth-order valence-corrected chi connectivity index (χ4v) is 13.2. The summed E-state index contributed by atoms with van der Waals surface area (Å²) in [5.74, 6) is -1.59. The number of esters is 3. The van der Waals surface area contributed by atoms with Gasteiger partial charge in [0.25, 0.3) is 0 Å². The van der Waals surface area contributed by atoms with Crippen molar-refractivity contribution >= 4 is 33.6 Å². The Labute approximate surface area is 676 Å². The van der Waals surface area contributed by atoms with Crippen LogP contribution < -0.4 is 0 Å². The molecule has 0 aromatic rings. The van der Waals surface area contributed by atoms with Crippen molar-refractivity contribution < 1.29 is 75.8 Å². The molecule has 16 nitrogen and oxygen atoms in total. The number of aliphatic hydroxyl groups excluding tert-OH is 2. The van der Waals surface area contributed by atoms with Crippen molar-refractivity contribution in [3.05, 3.63) is 158 Å². The van der Waals surface area contributed by atoms with E-state index in [9.17, 15) is 43.5 Å². The van der Waals surface area contributed by atoms with Gasteiger partial charge in [-0.05, 0) is 148 Å². The Balaban J connectivity index is 4.48. The number of carbonyl (C=O) groups is 3. The lowest BCUT2D eigenvalue weighted by Crippen LogP contribution is -2.30. The van der Waals surface area contributed by atoms with E-state index in [1.807, 2.05) is 0 Å². The molecule has 4 N–H and O–H groups in total. The Morgan fingerprint density at radius 1 is 0.261 bits per heavy atom. The zero-order valence-corrected chi connectivity index (χ0v) is 71.6. The molecule has 636 valence electrons. The molecular formula is C93H158O16P2. The van der Waals surface area contributed by atoms with Gasteiger partial charge in [-0.3, -0.25) is 32.5 Å². The van der Waals surface area contributed by atoms with Crippen LogP contribution in [0.2, 0.25) is 0 Å². The van der Waals surface area contributed by atoms with Crippen LogP contribution in [0, 0.1) is 0 Å². The SMILES string of the molecule is CC/C=C\C/C=C\C/C=C\C/C=C\C/C=C\C/C=C\CCCCCCCCCCCCCCCCC(=O)OCC(O)COP(=O)(O)OCC(O)COP(=O)(O)OCC(COC(=O)CCCCCCCCCCCCC/C=C\C/C=C\C/C=C\C/C=C\CCCCC)OC(=O)CCCCCCC/C=C\C/C=C\C/C=C\CC. The molecule has 5 atom stereocenters. The first kappa shape index (κ1) is 106. The number of ether oxygens (including phenoxy) is 3. The minimum absolute atomic E-state index is 0.0817. The number of unbranched alkanes of at least 4 members (excludes halogenated alkanes) is 33. The first-order valence-electron chi connectivity index (χ1n) is 43.8. The van der Waals surface area contributed by atoms with Gasteiger partial charge in [0.15, 0.2) is 6.10 Å². The molecule has 0 fully saturated rings. The van der Waals surface area contributed by atoms with E-state index >= 15 is 0 Å². The van der Waals surface area contributed by atoms with E-state index in [4.69, 9.17) is 32.3 Å². The smallest absolute Gasteiger partial charge is 0.463 e. The standard InChI is InChI=1S/C93H158O16P2/c1-4-7-10-13-16-19-22-25-28-30-32-34-36-38-40-41-42-43-44-45-47-49-50-52-54-56-59-61-64-67-70-73-76-79-91(96)103-82-88(94)83-105-110(99,100)106-84-89(95)85-107-111(101,102)108-87-90(109-93(98)81-78-75-72-69-66-63-58-27-24-21-18-15-12-9-6-3)86-104-92(97)80-77-74-71-68-65-62-60-57-55-53-51-48-46-39-37-35-33-31-29-26-23-20-17-14-11-8-5-2/h7,9-10,12,16-21,25-29,32-35,38-40,42-43,46,58,88-90,94-95H,4-6,8,11,13-15,22-24,30-31,36-37,41,44-45,47-57,59-87H2,1-3H3,(H,99,100)(H,101,102)/b10-7-,12-9-,19-16-,20-17-,21-18-,28-25-,29-26-,34-32-,35-33-,40-38-,43-42-,46-39-,58-27-. The molecule has 0 aromatic heterocycles. The number of hydrogen-bond acceptors (Lipinski definition) is 14. The second kappa shape index (κ2) is 84.6. The quantitative estimate of drug-likeness (QED) is 0.0146. The van der Waals surface area contributed by atoms with Crippen LogP contribution in [0.3, 0.4) is 0 Å². The van der Waals surface area contributed by atoms with Crippen molar-refractivity contribution in [1.29, 1.82) is 0 Å². The van der Waals surface area contributed by atoms with Crippen LogP contribution in [0.5, 0.6) is 0 Å². The third kappa shape index (κ3) is 85.9. The van der Waals surface area contributed by atoms with Gasteiger partial charge in [0.2, 0.25) is 0 Å². The second-order valence-corrected chi connectivity index (χ2v) is 31.8. The predicted octanol–water partition coefficient (Wildman–Crippen LogP) is 26.5. The van der Waals surface area contributed by atoms with Gasteiger partial charge in [0.05, 0.1) is 26.4 Å². The van der Waals surface area contributed by atoms with Gasteiger partial charge >= 0.3 is 33.6 Å². The number of phosphoric ester groups is 2. The number of phosphoric acid groups is 2. The number of aliphatic hydroxyl groups is 2. The van der Waals surface area contributed by atoms with Gasteiger partial charge in [-0.25, -0.2) is 9.13 Å². The molecule has 0 amide bonds. The Hall–Kier alpha value is -4.83. The maximum Gasteiger partial charge on any atom is 0.472 e. The van der Waals surface area contributed by atoms with E-state index in [0.29, 0.717) is 19.3 Å². The molecule has 0 aliphatic heterocycles. The summed E-state index contributed by atoms with van der Waals surface area (Å²) in [4.78, 5) is 58.8. The summed E-state index contributed by atoms with van der Waals surface area (Å²) in [5, 5.41) is 20.7. The highest BCUT2D eigenvalue weighted by Crippen LogP contribution is 2.45. The van der Waals surface area contributed by atoms with Crippen LogP contribution in [0.15, 0.2) is 158 Å². The second-order valence-electron chi connectivity index (χ2n) is 28.9. The van der Waals surface area contributed by atoms with Gasteiger partial charge in [-0.1, -0.05) is 346 Å². The average Bonchev–Trinajstić information content (AvgIpc) is 0.902. The number of carbonyl (C=O) groups excluding carboxylic acids is 3. The summed E-state index contributed by atoms with van der Waals surface area (Å²) in [6.45, 7) is 2.43. The summed E-state index contributed by atoms with van der Waals surface area (Å²) >= 11 is 0. The molecule has 5 unspecified atom stereocenters. The predicted molar refractivity (Wildman–Crippen MR) is 463 cm³/mol. The molecule has 0 bridgehead atoms. The van der Waals surface area contributed by atoms with Crippen molar-refractivity contribution in [2.45, 2.75) is 373 Å². The van der Waals surface area contributed by atoms with Crippen LogP contribution in [0.4, 0.5) is 0 Å². The molecule has 18 heteroatoms. The first-order valence-corrected chi connectivity index (χ1v) is 46.8. The molecule has 111 heavy (non-hydrogen) atoms. The topological polar surface area (TPSA) is 231 Å². The molecule has 0 radical (unpaired) electrons. The van der Waals surface area contributed by atoms with E-state index < -0.39 is 91.5 Å². The minimum atomic E-state index is -4.94. The molecule has 0 saturated carbocycles. The van der Waals surface area contributed by atoms with Gasteiger partial charge in [0.1, 0.15) is 25.4 Å². The first-order chi connectivity index (χ1) is 54.2. The van der Waals surface area contributed by atoms with E-state index in [2.05, 4.69) is 179 Å². The highest BCUT2D eigenvalue weighted by atomic mass is 31.2. The highest BCUT2D eigenvalue weighted by molar-refractivity contribution is 7.47. The van der Waals surface area contributed by atoms with Crippen LogP contribution in [-0.4, -0.2) is 95.9 Å². The van der Waals surface area contributed by atoms with Crippen molar-refractivity contribution in [3.8, 4) is 0 Å². The molecule has 0 aromatic carbocycles. The summed E-state index contributed by atoms with van der Waals surface area (Å²) in [7, 11) is -9.81. The van der Waals surface area contributed by atoms with Crippen LogP contribution in [-0.2, 0) is 55.8 Å². The summed E-state index contributed by atoms with van der Waals surface area (Å²) < 4.78 is 61.3. The van der Waals surface area contributed by atoms with Crippen molar-refractivity contribution in [2.75, 3.05) is 39.6 Å². The lowest BCUT2D eigenvalue weighted by molar-refractivity contribution is -0.161. The van der Waals surface area contributed by atoms with Crippen LogP contribution in [0.25, 0.3) is 0 Å². The third-order valence-electron chi connectivity index (χ3n) is 18.2. The molecule has 0 heterocycles. The average molecular weight is 1590 g/mol. The van der Waals surface area contributed by atoms with Gasteiger partial charge in [-0.2, -0.15) is 0 Å². The fraction of sp³-hybridized carbons (Fsp3) is 0.688. The minimum Gasteiger partial charge on any atom is -0.463 e. The maximum absolute atomic E-state index is 13.0. The fourth-order valence-electron chi connectivity index (χ4n) is 11.6. The number of rotatable bonds is 82. The normalized spacial score (nSPS) is 14.6. The van der Waals surface area contributed by atoms with E-state index in [-0.39, 0.29) is 19.3 Å². The highest BCUT2D eigenvalue weighted by Gasteiger charge is 2.29. The molecule has 0 spiro atoms. The molecule has 0 aliphatic carbocycles. The molecule has 0 aliphatic rings. The lowest BCUT2D eigenvalue weighted by Gasteiger charge is -2.21. The van der Waals surface area contributed by atoms with Crippen molar-refractivity contribution in [1.82, 2.24) is 0 Å². The van der Waals surface area contributed by atoms with Gasteiger partial charge in [-0.15, -0.1) is 0 Å². The van der Waals surface area contributed by atoms with E-state index in [0.717, 1.165) is 167 Å². The Kier molecular flexibility index (Phi) is 80.9. The zero-order valence-electron chi connectivity index (χ0n) is 69.8. The summed E-state index contributed by atoms with van der Waals surface area (Å²) in [5.41, 5.74) is 0. The Morgan fingerprint density at radius 3 is 0.757 bits per heavy atom. The Morgan fingerprint density at radius 2 is 0.477 bits per heavy atom. The molecule has 0 saturated heterocycles. The zero-order chi connectivity index (χ0) is 80.8. The van der Waals surface area contributed by atoms with Gasteiger partial charge in [0, 0.05) is 19.3 Å². The molecular weight excluding hydrogens is 1430 g/mol. The van der Waals surface area contributed by atoms with E-state index in [1.165, 1.54) is 128 Å². The van der Waals surface area contributed by atoms with Crippen LogP contribution >= 0.6 is 15.6 Å². The third-order valence-corrected chi connectivity index (χ3v) is 20.1. The summed E-state index contributed by atoms with van der Waals surface area (Å²) in [6, 6.07) is 0. The van der Waals surface area contributed by atoms with Crippen molar-refractivity contribution in [3.63, 3.8) is 0 Å². The number of allylic oxidation sites excluding steroid dienone is 26. The molecule has 0 rings (SSSR count). The maximum atomic E-state index is 13.0. The monoisotopic (exact) mass is 1590 g/mol. The van der Waals surface area contributed by atoms with E-state index in [1.54, 1.807) is 0 Å². The van der Waals surface area contributed by atoms with Gasteiger partial charge < -0.3 is 34.2 Å². The Bertz CT molecular complexity index is 2650. The number of hydrogen-bond donors (Lipinski definition) is 4.